The molecule has 1 amide bonds. The van der Waals surface area contributed by atoms with Gasteiger partial charge < -0.3 is 10.1 Å². The van der Waals surface area contributed by atoms with Crippen LogP contribution in [0, 0.1) is 5.92 Å². The Labute approximate surface area is 121 Å². The molecule has 1 N–H and O–H groups in total. The highest BCUT2D eigenvalue weighted by Crippen LogP contribution is 2.18. The zero-order valence-corrected chi connectivity index (χ0v) is 12.3. The summed E-state index contributed by atoms with van der Waals surface area (Å²) >= 11 is 0. The molecule has 0 saturated heterocycles. The molecule has 1 atom stereocenters. The summed E-state index contributed by atoms with van der Waals surface area (Å²) < 4.78 is 5.59. The molecule has 20 heavy (non-hydrogen) atoms. The van der Waals surface area contributed by atoms with E-state index in [1.54, 1.807) is 0 Å². The topological polar surface area (TPSA) is 38.3 Å². The maximum absolute atomic E-state index is 12.0. The average molecular weight is 273 g/mol. The van der Waals surface area contributed by atoms with Crippen molar-refractivity contribution in [3.05, 3.63) is 42.0 Å². The summed E-state index contributed by atoms with van der Waals surface area (Å²) in [6.07, 6.45) is 7.28. The molecule has 1 aliphatic rings. The van der Waals surface area contributed by atoms with Gasteiger partial charge in [-0.1, -0.05) is 24.3 Å². The van der Waals surface area contributed by atoms with Crippen LogP contribution in [0.15, 0.2) is 36.4 Å². The normalized spacial score (nSPS) is 18.1. The zero-order chi connectivity index (χ0) is 14.4. The van der Waals surface area contributed by atoms with Crippen molar-refractivity contribution < 1.29 is 9.53 Å². The maximum atomic E-state index is 12.0. The second-order valence-electron chi connectivity index (χ2n) is 5.51. The predicted octanol–water partition coefficient (Wildman–Crippen LogP) is 3.45. The van der Waals surface area contributed by atoms with Crippen LogP contribution in [0.5, 0.6) is 5.75 Å². The van der Waals surface area contributed by atoms with E-state index < -0.39 is 0 Å². The molecular weight excluding hydrogens is 250 g/mol. The van der Waals surface area contributed by atoms with Crippen LogP contribution in [0.4, 0.5) is 0 Å². The van der Waals surface area contributed by atoms with E-state index in [0.29, 0.717) is 6.54 Å². The van der Waals surface area contributed by atoms with Crippen LogP contribution in [0.1, 0.15) is 38.7 Å². The Kier molecular flexibility index (Phi) is 5.22. The molecule has 0 heterocycles. The number of allylic oxidation sites excluding steroid dienone is 2. The fourth-order valence-corrected chi connectivity index (χ4v) is 2.32. The van der Waals surface area contributed by atoms with Gasteiger partial charge in [-0.3, -0.25) is 4.79 Å². The average Bonchev–Trinajstić information content (AvgIpc) is 2.46. The summed E-state index contributed by atoms with van der Waals surface area (Å²) in [5.74, 6) is 1.17. The molecule has 1 unspecified atom stereocenters. The highest BCUT2D eigenvalue weighted by molar-refractivity contribution is 5.78. The minimum absolute atomic E-state index is 0.142. The molecule has 0 spiro atoms. The van der Waals surface area contributed by atoms with Gasteiger partial charge in [0.1, 0.15) is 5.75 Å². The van der Waals surface area contributed by atoms with Crippen LogP contribution in [0.3, 0.4) is 0 Å². The van der Waals surface area contributed by atoms with Gasteiger partial charge in [-0.05, 0) is 50.8 Å². The largest absolute Gasteiger partial charge is 0.491 e. The van der Waals surface area contributed by atoms with E-state index in [1.807, 2.05) is 38.1 Å². The molecule has 2 rings (SSSR count). The van der Waals surface area contributed by atoms with Crippen LogP contribution in [-0.4, -0.2) is 12.0 Å². The van der Waals surface area contributed by atoms with Gasteiger partial charge in [-0.15, -0.1) is 0 Å². The number of rotatable bonds is 5. The fourth-order valence-electron chi connectivity index (χ4n) is 2.32. The molecule has 0 radical (unpaired) electrons. The minimum Gasteiger partial charge on any atom is -0.491 e. The highest BCUT2D eigenvalue weighted by atomic mass is 16.5. The first-order chi connectivity index (χ1) is 9.65. The second-order valence-corrected chi connectivity index (χ2v) is 5.51. The van der Waals surface area contributed by atoms with Crippen molar-refractivity contribution in [1.82, 2.24) is 5.32 Å². The van der Waals surface area contributed by atoms with Gasteiger partial charge in [0, 0.05) is 12.5 Å². The molecule has 1 aromatic rings. The summed E-state index contributed by atoms with van der Waals surface area (Å²) in [6, 6.07) is 7.90. The standard InChI is InChI=1S/C17H23NO2/c1-13(2)20-16-10-8-14(9-11-16)12-18-17(19)15-6-4-3-5-7-15/h3-4,8-11,13,15H,5-7,12H2,1-2H3,(H,18,19). The Morgan fingerprint density at radius 2 is 2.05 bits per heavy atom. The molecule has 0 aromatic heterocycles. The Balaban J connectivity index is 1.81. The number of nitrogens with one attached hydrogen (secondary N) is 1. The number of hydrogen-bond donors (Lipinski definition) is 1. The van der Waals surface area contributed by atoms with Crippen molar-refractivity contribution in [2.24, 2.45) is 5.92 Å². The van der Waals surface area contributed by atoms with Gasteiger partial charge in [-0.25, -0.2) is 0 Å². The van der Waals surface area contributed by atoms with Crippen LogP contribution in [0.2, 0.25) is 0 Å². The third-order valence-corrected chi connectivity index (χ3v) is 3.40. The first-order valence-corrected chi connectivity index (χ1v) is 7.33. The van der Waals surface area contributed by atoms with E-state index in [4.69, 9.17) is 4.74 Å². The lowest BCUT2D eigenvalue weighted by Gasteiger charge is -2.17. The van der Waals surface area contributed by atoms with Gasteiger partial charge in [0.2, 0.25) is 5.91 Å². The highest BCUT2D eigenvalue weighted by Gasteiger charge is 2.17. The van der Waals surface area contributed by atoms with Crippen LogP contribution in [-0.2, 0) is 11.3 Å². The fraction of sp³-hybridized carbons (Fsp3) is 0.471. The van der Waals surface area contributed by atoms with Gasteiger partial charge >= 0.3 is 0 Å². The first kappa shape index (κ1) is 14.6. The van der Waals surface area contributed by atoms with Crippen LogP contribution < -0.4 is 10.1 Å². The van der Waals surface area contributed by atoms with E-state index in [9.17, 15) is 4.79 Å². The van der Waals surface area contributed by atoms with Gasteiger partial charge in [-0.2, -0.15) is 0 Å². The van der Waals surface area contributed by atoms with Crippen molar-refractivity contribution in [2.75, 3.05) is 0 Å². The Morgan fingerprint density at radius 3 is 2.65 bits per heavy atom. The van der Waals surface area contributed by atoms with Crippen molar-refractivity contribution >= 4 is 5.91 Å². The number of carbonyl (C=O) groups is 1. The quantitative estimate of drug-likeness (QED) is 0.834. The summed E-state index contributed by atoms with van der Waals surface area (Å²) in [6.45, 7) is 4.60. The van der Waals surface area contributed by atoms with Crippen molar-refractivity contribution in [3.63, 3.8) is 0 Å². The molecule has 0 bridgehead atoms. The van der Waals surface area contributed by atoms with E-state index in [1.165, 1.54) is 0 Å². The third-order valence-electron chi connectivity index (χ3n) is 3.40. The maximum Gasteiger partial charge on any atom is 0.223 e. The molecule has 3 heteroatoms. The SMILES string of the molecule is CC(C)Oc1ccc(CNC(=O)C2CC=CCC2)cc1. The summed E-state index contributed by atoms with van der Waals surface area (Å²) in [7, 11) is 0. The van der Waals surface area contributed by atoms with Gasteiger partial charge in [0.25, 0.3) is 0 Å². The molecule has 1 aliphatic carbocycles. The monoisotopic (exact) mass is 273 g/mol. The lowest BCUT2D eigenvalue weighted by Crippen LogP contribution is -2.30. The number of benzene rings is 1. The summed E-state index contributed by atoms with van der Waals surface area (Å²) in [5, 5.41) is 3.02. The molecule has 0 fully saturated rings. The van der Waals surface area contributed by atoms with Gasteiger partial charge in [0.05, 0.1) is 6.10 Å². The predicted molar refractivity (Wildman–Crippen MR) is 80.5 cm³/mol. The number of ether oxygens (including phenoxy) is 1. The smallest absolute Gasteiger partial charge is 0.223 e. The summed E-state index contributed by atoms with van der Waals surface area (Å²) in [4.78, 5) is 12.0. The minimum atomic E-state index is 0.142. The van der Waals surface area contributed by atoms with E-state index in [-0.39, 0.29) is 17.9 Å². The van der Waals surface area contributed by atoms with Crippen molar-refractivity contribution in [1.29, 1.82) is 0 Å². The second kappa shape index (κ2) is 7.13. The molecule has 0 aliphatic heterocycles. The Bertz CT molecular complexity index is 462. The third kappa shape index (κ3) is 4.41. The lowest BCUT2D eigenvalue weighted by molar-refractivity contribution is -0.125. The number of amides is 1. The van der Waals surface area contributed by atoms with Crippen molar-refractivity contribution in [3.8, 4) is 5.75 Å². The number of carbonyl (C=O) groups excluding carboxylic acids is 1. The molecule has 1 aromatic carbocycles. The van der Waals surface area contributed by atoms with E-state index in [0.717, 1.165) is 30.6 Å². The van der Waals surface area contributed by atoms with E-state index in [2.05, 4.69) is 17.5 Å². The first-order valence-electron chi connectivity index (χ1n) is 7.33. The molecule has 108 valence electrons. The molecule has 3 nitrogen and oxygen atoms in total. The number of hydrogen-bond acceptors (Lipinski definition) is 2. The van der Waals surface area contributed by atoms with E-state index >= 15 is 0 Å². The van der Waals surface area contributed by atoms with Crippen molar-refractivity contribution in [2.45, 2.75) is 45.8 Å². The Hall–Kier alpha value is -1.77. The lowest BCUT2D eigenvalue weighted by atomic mass is 9.93. The molecular formula is C17H23NO2. The summed E-state index contributed by atoms with van der Waals surface area (Å²) in [5.41, 5.74) is 1.10. The van der Waals surface area contributed by atoms with Crippen LogP contribution in [0.25, 0.3) is 0 Å². The van der Waals surface area contributed by atoms with Crippen LogP contribution >= 0.6 is 0 Å². The Morgan fingerprint density at radius 1 is 1.30 bits per heavy atom. The van der Waals surface area contributed by atoms with Gasteiger partial charge in [0.15, 0.2) is 0 Å². The molecule has 0 saturated carbocycles. The zero-order valence-electron chi connectivity index (χ0n) is 12.3.